The first-order valence-corrected chi connectivity index (χ1v) is 12.0. The van der Waals surface area contributed by atoms with Gasteiger partial charge >= 0.3 is 5.97 Å². The number of rotatable bonds is 9. The number of ether oxygens (including phenoxy) is 1. The van der Waals surface area contributed by atoms with Gasteiger partial charge in [-0.2, -0.15) is 5.10 Å². The molecule has 31 heavy (non-hydrogen) atoms. The highest BCUT2D eigenvalue weighted by molar-refractivity contribution is 8.03. The topological polar surface area (TPSA) is 69.0 Å². The van der Waals surface area contributed by atoms with Crippen molar-refractivity contribution in [2.24, 2.45) is 0 Å². The number of esters is 1. The summed E-state index contributed by atoms with van der Waals surface area (Å²) in [6, 6.07) is 10.1. The van der Waals surface area contributed by atoms with Crippen LogP contribution in [0.1, 0.15) is 45.9 Å². The third-order valence-electron chi connectivity index (χ3n) is 4.31. The maximum absolute atomic E-state index is 12.4. The molecule has 1 aromatic carbocycles. The molecule has 0 saturated carbocycles. The Morgan fingerprint density at radius 2 is 1.94 bits per heavy atom. The number of aromatic nitrogens is 3. The van der Waals surface area contributed by atoms with Gasteiger partial charge in [0.25, 0.3) is 0 Å². The first-order valence-electron chi connectivity index (χ1n) is 10.3. The highest BCUT2D eigenvalue weighted by atomic mass is 32.2. The van der Waals surface area contributed by atoms with Gasteiger partial charge in [-0.15, -0.1) is 11.3 Å². The standard InChI is InChI=1S/C23H30N4O2S2/c1-22(2,3)29-20(28)23(4,5)31-21-26-18(16-30-21)11-12-24-13-17-14-25-27(15-17)19-9-7-6-8-10-19/h6-10,14-16,24H,11-13H2,1-5H3. The SMILES string of the molecule is CC(C)(C)OC(=O)C(C)(C)Sc1nc(CCNCc2cnn(-c3ccccc3)c2)cs1. The number of carbonyl (C=O) groups is 1. The van der Waals surface area contributed by atoms with Crippen molar-refractivity contribution in [3.63, 3.8) is 0 Å². The fourth-order valence-electron chi connectivity index (χ4n) is 2.73. The Labute approximate surface area is 192 Å². The lowest BCUT2D eigenvalue weighted by Gasteiger charge is -2.27. The van der Waals surface area contributed by atoms with Gasteiger partial charge in [0.15, 0.2) is 4.34 Å². The van der Waals surface area contributed by atoms with Gasteiger partial charge < -0.3 is 10.1 Å². The average molecular weight is 459 g/mol. The van der Waals surface area contributed by atoms with E-state index < -0.39 is 10.3 Å². The molecule has 166 valence electrons. The fraction of sp³-hybridized carbons (Fsp3) is 0.435. The number of nitrogens with zero attached hydrogens (tertiary/aromatic N) is 3. The first-order chi connectivity index (χ1) is 14.6. The second-order valence-corrected chi connectivity index (χ2v) is 11.5. The van der Waals surface area contributed by atoms with Crippen molar-refractivity contribution in [1.29, 1.82) is 0 Å². The highest BCUT2D eigenvalue weighted by Crippen LogP contribution is 2.36. The molecule has 0 radical (unpaired) electrons. The first kappa shape index (κ1) is 23.5. The van der Waals surface area contributed by atoms with E-state index in [2.05, 4.69) is 20.8 Å². The molecule has 0 fully saturated rings. The summed E-state index contributed by atoms with van der Waals surface area (Å²) in [5, 5.41) is 9.93. The second-order valence-electron chi connectivity index (χ2n) is 8.77. The van der Waals surface area contributed by atoms with E-state index in [9.17, 15) is 4.79 Å². The summed E-state index contributed by atoms with van der Waals surface area (Å²) in [4.78, 5) is 17.1. The summed E-state index contributed by atoms with van der Waals surface area (Å²) in [6.45, 7) is 11.0. The van der Waals surface area contributed by atoms with E-state index in [1.165, 1.54) is 11.8 Å². The van der Waals surface area contributed by atoms with E-state index in [0.717, 1.165) is 40.8 Å². The summed E-state index contributed by atoms with van der Waals surface area (Å²) in [5.41, 5.74) is 2.72. The summed E-state index contributed by atoms with van der Waals surface area (Å²) >= 11 is 3.02. The predicted octanol–water partition coefficient (Wildman–Crippen LogP) is 4.87. The molecule has 8 heteroatoms. The molecule has 3 aromatic rings. The minimum atomic E-state index is -0.681. The van der Waals surface area contributed by atoms with Gasteiger partial charge in [0, 0.05) is 36.7 Å². The number of para-hydroxylation sites is 1. The largest absolute Gasteiger partial charge is 0.459 e. The molecule has 0 bridgehead atoms. The molecule has 3 rings (SSSR count). The van der Waals surface area contributed by atoms with Crippen LogP contribution in [0.4, 0.5) is 0 Å². The van der Waals surface area contributed by atoms with Crippen molar-refractivity contribution in [1.82, 2.24) is 20.1 Å². The molecular weight excluding hydrogens is 428 g/mol. The third-order valence-corrected chi connectivity index (χ3v) is 6.47. The zero-order valence-corrected chi connectivity index (χ0v) is 20.3. The van der Waals surface area contributed by atoms with Gasteiger partial charge in [-0.25, -0.2) is 9.67 Å². The Morgan fingerprint density at radius 1 is 1.19 bits per heavy atom. The maximum Gasteiger partial charge on any atom is 0.322 e. The molecule has 0 aliphatic rings. The van der Waals surface area contributed by atoms with E-state index in [1.54, 1.807) is 11.3 Å². The summed E-state index contributed by atoms with van der Waals surface area (Å²) in [6.07, 6.45) is 4.76. The Morgan fingerprint density at radius 3 is 2.65 bits per heavy atom. The smallest absolute Gasteiger partial charge is 0.322 e. The summed E-state index contributed by atoms with van der Waals surface area (Å²) < 4.78 is 7.62. The number of hydrogen-bond donors (Lipinski definition) is 1. The number of thiazole rings is 1. The summed E-state index contributed by atoms with van der Waals surface area (Å²) in [5.74, 6) is -0.223. The van der Waals surface area contributed by atoms with E-state index in [1.807, 2.05) is 82.0 Å². The van der Waals surface area contributed by atoms with Crippen molar-refractivity contribution in [2.45, 2.75) is 62.3 Å². The van der Waals surface area contributed by atoms with Crippen LogP contribution in [0.15, 0.2) is 52.4 Å². The zero-order valence-electron chi connectivity index (χ0n) is 18.7. The normalized spacial score (nSPS) is 12.2. The lowest BCUT2D eigenvalue weighted by Crippen LogP contribution is -2.36. The lowest BCUT2D eigenvalue weighted by atomic mass is 10.1. The number of hydrogen-bond acceptors (Lipinski definition) is 7. The third kappa shape index (κ3) is 7.19. The molecule has 6 nitrogen and oxygen atoms in total. The van der Waals surface area contributed by atoms with Gasteiger partial charge in [-0.05, 0) is 46.8 Å². The molecule has 0 amide bonds. The van der Waals surface area contributed by atoms with Crippen LogP contribution in [0, 0.1) is 0 Å². The maximum atomic E-state index is 12.4. The molecule has 2 aromatic heterocycles. The molecule has 2 heterocycles. The van der Waals surface area contributed by atoms with Crippen LogP contribution in [0.2, 0.25) is 0 Å². The average Bonchev–Trinajstić information content (AvgIpc) is 3.34. The molecule has 1 N–H and O–H groups in total. The van der Waals surface area contributed by atoms with Gasteiger partial charge in [-0.3, -0.25) is 4.79 Å². The Balaban J connectivity index is 1.44. The van der Waals surface area contributed by atoms with Crippen molar-refractivity contribution in [3.8, 4) is 5.69 Å². The zero-order chi connectivity index (χ0) is 22.5. The molecular formula is C23H30N4O2S2. The molecule has 0 aliphatic carbocycles. The highest BCUT2D eigenvalue weighted by Gasteiger charge is 2.34. The molecule has 0 saturated heterocycles. The van der Waals surface area contributed by atoms with Gasteiger partial charge in [0.05, 0.1) is 17.6 Å². The number of carbonyl (C=O) groups excluding carboxylic acids is 1. The van der Waals surface area contributed by atoms with Crippen molar-refractivity contribution in [2.75, 3.05) is 6.54 Å². The molecule has 0 spiro atoms. The molecule has 0 atom stereocenters. The van der Waals surface area contributed by atoms with Crippen LogP contribution in [0.5, 0.6) is 0 Å². The van der Waals surface area contributed by atoms with Crippen LogP contribution in [0.3, 0.4) is 0 Å². The Kier molecular flexibility index (Phi) is 7.56. The number of benzene rings is 1. The quantitative estimate of drug-likeness (QED) is 0.280. The predicted molar refractivity (Wildman–Crippen MR) is 127 cm³/mol. The second kappa shape index (κ2) is 9.97. The monoisotopic (exact) mass is 458 g/mol. The van der Waals surface area contributed by atoms with E-state index >= 15 is 0 Å². The van der Waals surface area contributed by atoms with E-state index in [-0.39, 0.29) is 5.97 Å². The van der Waals surface area contributed by atoms with Crippen LogP contribution in [-0.4, -0.2) is 37.6 Å². The minimum Gasteiger partial charge on any atom is -0.459 e. The van der Waals surface area contributed by atoms with Gasteiger partial charge in [0.2, 0.25) is 0 Å². The van der Waals surface area contributed by atoms with Crippen LogP contribution in [-0.2, 0) is 22.5 Å². The number of thioether (sulfide) groups is 1. The lowest BCUT2D eigenvalue weighted by molar-refractivity contribution is -0.156. The number of nitrogens with one attached hydrogen (secondary N) is 1. The molecule has 0 aliphatic heterocycles. The van der Waals surface area contributed by atoms with Gasteiger partial charge in [0.1, 0.15) is 10.3 Å². The molecule has 0 unspecified atom stereocenters. The van der Waals surface area contributed by atoms with Crippen molar-refractivity contribution >= 4 is 29.1 Å². The van der Waals surface area contributed by atoms with Crippen LogP contribution >= 0.6 is 23.1 Å². The fourth-order valence-corrected chi connectivity index (χ4v) is 5.00. The van der Waals surface area contributed by atoms with Crippen LogP contribution in [0.25, 0.3) is 5.69 Å². The Bertz CT molecular complexity index is 990. The van der Waals surface area contributed by atoms with E-state index in [4.69, 9.17) is 4.74 Å². The van der Waals surface area contributed by atoms with Crippen molar-refractivity contribution in [3.05, 3.63) is 59.4 Å². The Hall–Kier alpha value is -2.16. The summed E-state index contributed by atoms with van der Waals surface area (Å²) in [7, 11) is 0. The van der Waals surface area contributed by atoms with Crippen LogP contribution < -0.4 is 5.32 Å². The minimum absolute atomic E-state index is 0.223. The van der Waals surface area contributed by atoms with Crippen molar-refractivity contribution < 1.29 is 9.53 Å². The van der Waals surface area contributed by atoms with Gasteiger partial charge in [-0.1, -0.05) is 30.0 Å². The van der Waals surface area contributed by atoms with E-state index in [0.29, 0.717) is 0 Å².